The molecular weight excluding hydrogens is 973 g/mol. The lowest BCUT2D eigenvalue weighted by Gasteiger charge is -2.40. The zero-order valence-electron chi connectivity index (χ0n) is 45.4. The molecule has 0 saturated carbocycles. The molecule has 7 aliphatic heterocycles. The summed E-state index contributed by atoms with van der Waals surface area (Å²) >= 11 is 0. The topological polar surface area (TPSA) is 238 Å². The number of nitrogens with one attached hydrogen (secondary N) is 2. The van der Waals surface area contributed by atoms with Crippen LogP contribution in [0.2, 0.25) is 0 Å². The number of rotatable bonds is 6. The molecule has 2 aromatic rings. The van der Waals surface area contributed by atoms with Crippen molar-refractivity contribution in [1.82, 2.24) is 34.9 Å². The van der Waals surface area contributed by atoms with Gasteiger partial charge in [-0.15, -0.1) is 0 Å². The van der Waals surface area contributed by atoms with Crippen molar-refractivity contribution >= 4 is 35.1 Å². The summed E-state index contributed by atoms with van der Waals surface area (Å²) in [7, 11) is 0. The SMILES string of the molecule is C/C1=C/C=C/[C@H](C)[C@H](O)[C@@H](C)[C@@H](O)[C@@H](C)[C@H](OC(=O)CC(=O)N2CCC(N3CCn4ccnc4C3)CC2)[C@H](C)C/C=C/O[C@@]2(C)Oc3c(C)c(O)c4c(c3C2=O)C2=NC3(CCN(CC(C)C)CC3)NC2=C(NC1=O)C4=O. The Labute approximate surface area is 445 Å². The van der Waals surface area contributed by atoms with Crippen LogP contribution >= 0.6 is 0 Å². The van der Waals surface area contributed by atoms with Crippen molar-refractivity contribution in [3.05, 3.63) is 88.0 Å². The van der Waals surface area contributed by atoms with Crippen LogP contribution in [0.1, 0.15) is 132 Å². The summed E-state index contributed by atoms with van der Waals surface area (Å²) in [6, 6.07) is 0.299. The second-order valence-corrected chi connectivity index (χ2v) is 22.9. The van der Waals surface area contributed by atoms with Gasteiger partial charge in [-0.05, 0) is 51.0 Å². The number of allylic oxidation sites excluding steroid dienone is 5. The first-order valence-electron chi connectivity index (χ1n) is 27.2. The first-order chi connectivity index (χ1) is 36.1. The number of aliphatic hydroxyl groups is 2. The molecule has 5 N–H and O–H groups in total. The lowest BCUT2D eigenvalue weighted by molar-refractivity contribution is -0.162. The summed E-state index contributed by atoms with van der Waals surface area (Å²) < 4.78 is 20.8. The van der Waals surface area contributed by atoms with Crippen LogP contribution in [0.15, 0.2) is 64.9 Å². The molecule has 76 heavy (non-hydrogen) atoms. The Morgan fingerprint density at radius 2 is 1.66 bits per heavy atom. The average molecular weight is 1050 g/mol. The predicted octanol–water partition coefficient (Wildman–Crippen LogP) is 5.06. The van der Waals surface area contributed by atoms with Gasteiger partial charge in [0.1, 0.15) is 41.2 Å². The number of likely N-dealkylation sites (tertiary alicyclic amines) is 2. The summed E-state index contributed by atoms with van der Waals surface area (Å²) in [6.45, 7) is 21.9. The van der Waals surface area contributed by atoms with E-state index in [1.165, 1.54) is 13.2 Å². The fourth-order valence-electron chi connectivity index (χ4n) is 12.2. The average Bonchev–Trinajstić information content (AvgIpc) is 4.16. The third-order valence-corrected chi connectivity index (χ3v) is 16.9. The lowest BCUT2D eigenvalue weighted by atomic mass is 9.79. The molecular formula is C57H76N8O11. The molecule has 1 aromatic carbocycles. The zero-order chi connectivity index (χ0) is 54.5. The highest BCUT2D eigenvalue weighted by Crippen LogP contribution is 2.50. The molecule has 410 valence electrons. The van der Waals surface area contributed by atoms with E-state index < -0.39 is 89.0 Å². The third kappa shape index (κ3) is 10.5. The number of imidazole rings is 1. The number of ketones is 2. The van der Waals surface area contributed by atoms with Gasteiger partial charge in [0.15, 0.2) is 0 Å². The van der Waals surface area contributed by atoms with E-state index in [1.807, 2.05) is 19.3 Å². The fraction of sp³-hybridized carbons (Fsp3) is 0.596. The standard InChI is InChI=1S/C57H76N8O11/c1-31(2)29-62-22-17-57(18-23-62)60-45-42-43-50(70)37(8)53-44(42)54(72)56(9,76-53)74-27-11-14-33(4)52(75-41(67)28-40(66)64-20-15-38(16-21-64)65-26-25-63-24-19-58-39(63)30-65)36(7)49(69)35(6)48(68)32(3)12-10-13-34(5)55(73)59-47(51(43)71)46(45)61-57/h10-13,19,24,27,31-33,35-36,38,48-49,52,61,68-70H,14-18,20-23,25-26,28-30H2,1-9H3,(H,59,73)/b12-10+,27-11+,34-13-/t32-,33+,35+,36+,48-,49+,52+,56-/m0/s1. The Balaban J connectivity index is 0.984. The highest BCUT2D eigenvalue weighted by molar-refractivity contribution is 6.34. The number of phenols is 1. The Morgan fingerprint density at radius 3 is 2.37 bits per heavy atom. The van der Waals surface area contributed by atoms with Crippen LogP contribution in [0.25, 0.3) is 0 Å². The van der Waals surface area contributed by atoms with E-state index in [0.29, 0.717) is 51.0 Å². The molecule has 19 heteroatoms. The molecule has 5 bridgehead atoms. The molecule has 0 radical (unpaired) electrons. The number of nitrogens with zero attached hydrogens (tertiary/aromatic N) is 6. The van der Waals surface area contributed by atoms with Gasteiger partial charge in [-0.1, -0.05) is 59.8 Å². The minimum Gasteiger partial charge on any atom is -0.507 e. The largest absolute Gasteiger partial charge is 0.507 e. The number of aliphatic hydroxyl groups excluding tert-OH is 2. The Morgan fingerprint density at radius 1 is 0.934 bits per heavy atom. The predicted molar refractivity (Wildman–Crippen MR) is 282 cm³/mol. The van der Waals surface area contributed by atoms with Crippen molar-refractivity contribution in [1.29, 1.82) is 0 Å². The van der Waals surface area contributed by atoms with Gasteiger partial charge in [-0.2, -0.15) is 0 Å². The van der Waals surface area contributed by atoms with Gasteiger partial charge in [0.25, 0.3) is 11.7 Å². The monoisotopic (exact) mass is 1050 g/mol. The maximum atomic E-state index is 14.9. The number of hydrogen-bond acceptors (Lipinski definition) is 16. The van der Waals surface area contributed by atoms with Crippen LogP contribution in [-0.2, 0) is 36.9 Å². The van der Waals surface area contributed by atoms with Crippen LogP contribution in [0.4, 0.5) is 0 Å². The van der Waals surface area contributed by atoms with Crippen LogP contribution in [0, 0.1) is 36.5 Å². The molecule has 8 aliphatic rings. The number of aromatic nitrogens is 2. The number of carbonyl (C=O) groups is 5. The minimum atomic E-state index is -1.96. The summed E-state index contributed by atoms with van der Waals surface area (Å²) in [6.07, 6.45) is 10.9. The van der Waals surface area contributed by atoms with Gasteiger partial charge in [-0.25, -0.2) is 4.98 Å². The summed E-state index contributed by atoms with van der Waals surface area (Å²) in [5.41, 5.74) is -0.222. The van der Waals surface area contributed by atoms with Gasteiger partial charge in [-0.3, -0.25) is 33.9 Å². The van der Waals surface area contributed by atoms with E-state index in [-0.39, 0.29) is 63.0 Å². The minimum absolute atomic E-state index is 0.0195. The Kier molecular flexibility index (Phi) is 15.6. The molecule has 1 spiro atoms. The van der Waals surface area contributed by atoms with Crippen LogP contribution in [-0.4, -0.2) is 150 Å². The smallest absolute Gasteiger partial charge is 0.315 e. The molecule has 10 rings (SSSR count). The van der Waals surface area contributed by atoms with Gasteiger partial charge in [0, 0.05) is 118 Å². The zero-order valence-corrected chi connectivity index (χ0v) is 45.4. The molecule has 0 unspecified atom stereocenters. The number of aliphatic imine (C=N–C) groups is 1. The van der Waals surface area contributed by atoms with Gasteiger partial charge in [0.2, 0.25) is 11.7 Å². The number of ether oxygens (including phenoxy) is 3. The van der Waals surface area contributed by atoms with Gasteiger partial charge < -0.3 is 54.5 Å². The van der Waals surface area contributed by atoms with Crippen molar-refractivity contribution in [2.24, 2.45) is 34.6 Å². The second kappa shape index (κ2) is 21.7. The van der Waals surface area contributed by atoms with E-state index in [1.54, 1.807) is 63.8 Å². The van der Waals surface area contributed by atoms with Crippen LogP contribution < -0.4 is 15.4 Å². The number of piperidine rings is 2. The second-order valence-electron chi connectivity index (χ2n) is 22.9. The van der Waals surface area contributed by atoms with Crippen molar-refractivity contribution in [3.63, 3.8) is 0 Å². The highest BCUT2D eigenvalue weighted by atomic mass is 16.7. The van der Waals surface area contributed by atoms with Gasteiger partial charge in [0.05, 0.1) is 47.6 Å². The summed E-state index contributed by atoms with van der Waals surface area (Å²) in [5, 5.41) is 41.8. The fourth-order valence-corrected chi connectivity index (χ4v) is 12.2. The summed E-state index contributed by atoms with van der Waals surface area (Å²) in [5.74, 6) is -6.33. The van der Waals surface area contributed by atoms with Crippen molar-refractivity contribution in [2.75, 3.05) is 39.3 Å². The Hall–Kier alpha value is -6.15. The number of carbonyl (C=O) groups excluding carboxylic acids is 5. The van der Waals surface area contributed by atoms with E-state index in [0.717, 1.165) is 44.8 Å². The third-order valence-electron chi connectivity index (χ3n) is 16.9. The van der Waals surface area contributed by atoms with E-state index in [2.05, 4.69) is 43.8 Å². The molecule has 19 nitrogen and oxygen atoms in total. The number of amides is 2. The molecule has 8 heterocycles. The van der Waals surface area contributed by atoms with E-state index in [4.69, 9.17) is 19.2 Å². The molecule has 2 amide bonds. The van der Waals surface area contributed by atoms with Crippen molar-refractivity contribution < 1.29 is 53.5 Å². The Bertz CT molecular complexity index is 2800. The molecule has 2 fully saturated rings. The highest BCUT2D eigenvalue weighted by Gasteiger charge is 2.54. The summed E-state index contributed by atoms with van der Waals surface area (Å²) in [4.78, 5) is 87.5. The number of Topliss-reactive ketones (excluding diaryl/α,β-unsaturated/α-hetero) is 2. The molecule has 2 saturated heterocycles. The van der Waals surface area contributed by atoms with Gasteiger partial charge >= 0.3 is 11.8 Å². The van der Waals surface area contributed by atoms with E-state index >= 15 is 0 Å². The first-order valence-corrected chi connectivity index (χ1v) is 27.2. The molecule has 1 aliphatic carbocycles. The van der Waals surface area contributed by atoms with Crippen LogP contribution in [0.5, 0.6) is 11.5 Å². The number of aromatic hydroxyl groups is 1. The molecule has 8 atom stereocenters. The lowest BCUT2D eigenvalue weighted by Crippen LogP contribution is -2.50. The van der Waals surface area contributed by atoms with Crippen LogP contribution in [0.3, 0.4) is 0 Å². The maximum absolute atomic E-state index is 14.9. The van der Waals surface area contributed by atoms with Crippen molar-refractivity contribution in [3.8, 4) is 11.5 Å². The normalized spacial score (nSPS) is 31.1. The molecule has 1 aromatic heterocycles. The number of esters is 1. The number of hydrogen-bond donors (Lipinski definition) is 5. The number of fused-ring (bicyclic) bond motifs is 14. The maximum Gasteiger partial charge on any atom is 0.315 e. The number of phenolic OH excluding ortho intramolecular Hbond substituents is 1. The first kappa shape index (κ1) is 54.6. The quantitative estimate of drug-likeness (QED) is 0.188. The number of benzene rings is 1. The van der Waals surface area contributed by atoms with E-state index in [9.17, 15) is 39.3 Å². The van der Waals surface area contributed by atoms with Crippen molar-refractivity contribution in [2.45, 2.75) is 150 Å².